The van der Waals surface area contributed by atoms with Crippen molar-refractivity contribution in [3.05, 3.63) is 47.5 Å². The molecule has 3 rings (SSSR count). The number of carbonyl (C=O) groups excluding carboxylic acids is 5. The van der Waals surface area contributed by atoms with Crippen LogP contribution in [-0.2, 0) is 41.7 Å². The van der Waals surface area contributed by atoms with Crippen molar-refractivity contribution in [1.29, 1.82) is 0 Å². The Labute approximate surface area is 299 Å². The second-order valence-electron chi connectivity index (χ2n) is 13.8. The minimum atomic E-state index is -1.18. The number of nitrogens with two attached hydrogens (primary N) is 3. The fourth-order valence-electron chi connectivity index (χ4n) is 6.30. The minimum Gasteiger partial charge on any atom is -0.480 e. The van der Waals surface area contributed by atoms with Gasteiger partial charge in [-0.3, -0.25) is 24.0 Å². The van der Waals surface area contributed by atoms with Crippen LogP contribution in [0.1, 0.15) is 82.8 Å². The van der Waals surface area contributed by atoms with Crippen LogP contribution in [0.25, 0.3) is 0 Å². The summed E-state index contributed by atoms with van der Waals surface area (Å²) in [6.45, 7) is 4.55. The number of nitrogens with one attached hydrogen (secondary N) is 4. The molecule has 11 N–H and O–H groups in total. The summed E-state index contributed by atoms with van der Waals surface area (Å²) in [4.78, 5) is 82.1. The number of unbranched alkanes of at least 4 members (excludes halogenated alkanes) is 2. The molecule has 0 unspecified atom stereocenters. The second-order valence-corrected chi connectivity index (χ2v) is 13.8. The van der Waals surface area contributed by atoms with Crippen LogP contribution in [0.5, 0.6) is 0 Å². The first kappa shape index (κ1) is 41.1. The van der Waals surface area contributed by atoms with Gasteiger partial charge in [-0.25, -0.2) is 4.79 Å². The number of hydrogen-bond donors (Lipinski definition) is 8. The summed E-state index contributed by atoms with van der Waals surface area (Å²) in [5.74, 6) is -4.05. The van der Waals surface area contributed by atoms with Gasteiger partial charge in [-0.2, -0.15) is 0 Å². The van der Waals surface area contributed by atoms with Gasteiger partial charge in [0.05, 0.1) is 6.04 Å². The van der Waals surface area contributed by atoms with Crippen LogP contribution in [0.15, 0.2) is 36.4 Å². The van der Waals surface area contributed by atoms with Crippen molar-refractivity contribution in [2.45, 2.75) is 121 Å². The maximum atomic E-state index is 14.5. The van der Waals surface area contributed by atoms with Gasteiger partial charge < -0.3 is 48.5 Å². The van der Waals surface area contributed by atoms with E-state index >= 15 is 0 Å². The van der Waals surface area contributed by atoms with Gasteiger partial charge in [-0.15, -0.1) is 0 Å². The lowest BCUT2D eigenvalue weighted by Gasteiger charge is -2.38. The summed E-state index contributed by atoms with van der Waals surface area (Å²) in [5, 5.41) is 20.8. The van der Waals surface area contributed by atoms with Crippen LogP contribution in [0.4, 0.5) is 0 Å². The van der Waals surface area contributed by atoms with Crippen molar-refractivity contribution in [1.82, 2.24) is 26.2 Å². The zero-order valence-electron chi connectivity index (χ0n) is 29.8. The van der Waals surface area contributed by atoms with Crippen LogP contribution in [0.3, 0.4) is 0 Å². The highest BCUT2D eigenvalue weighted by Crippen LogP contribution is 2.25. The average molecular weight is 713 g/mol. The lowest BCUT2D eigenvalue weighted by molar-refractivity contribution is -0.147. The Bertz CT molecular complexity index is 1400. The zero-order valence-corrected chi connectivity index (χ0v) is 29.8. The van der Waals surface area contributed by atoms with Crippen molar-refractivity contribution in [3.63, 3.8) is 0 Å². The third kappa shape index (κ3) is 12.4. The largest absolute Gasteiger partial charge is 0.480 e. The predicted octanol–water partition coefficient (Wildman–Crippen LogP) is -0.0549. The van der Waals surface area contributed by atoms with Gasteiger partial charge in [0.25, 0.3) is 0 Å². The van der Waals surface area contributed by atoms with Gasteiger partial charge in [-0.05, 0) is 87.9 Å². The van der Waals surface area contributed by atoms with E-state index in [1.54, 1.807) is 12.2 Å². The molecule has 1 aromatic rings. The second kappa shape index (κ2) is 20.5. The molecule has 0 fully saturated rings. The topological polar surface area (TPSA) is 252 Å². The summed E-state index contributed by atoms with van der Waals surface area (Å²) in [6.07, 6.45) is 6.55. The van der Waals surface area contributed by atoms with E-state index in [-0.39, 0.29) is 51.0 Å². The number of aliphatic carboxylic acids is 1. The Morgan fingerprint density at radius 2 is 1.43 bits per heavy atom. The molecule has 2 aliphatic rings. The van der Waals surface area contributed by atoms with E-state index in [4.69, 9.17) is 17.2 Å². The predicted molar refractivity (Wildman–Crippen MR) is 191 cm³/mol. The third-order valence-electron chi connectivity index (χ3n) is 9.20. The fourth-order valence-corrected chi connectivity index (χ4v) is 6.30. The number of fused-ring (bicyclic) bond motifs is 1. The molecule has 2 heterocycles. The van der Waals surface area contributed by atoms with Gasteiger partial charge in [-0.1, -0.05) is 50.3 Å². The molecule has 0 bridgehead atoms. The van der Waals surface area contributed by atoms with Crippen LogP contribution in [0, 0.1) is 5.92 Å². The molecule has 0 aromatic heterocycles. The van der Waals surface area contributed by atoms with Crippen molar-refractivity contribution < 1.29 is 33.9 Å². The molecule has 15 heteroatoms. The summed E-state index contributed by atoms with van der Waals surface area (Å²) >= 11 is 0. The first-order chi connectivity index (χ1) is 24.4. The highest BCUT2D eigenvalue weighted by molar-refractivity contribution is 5.96. The number of amides is 5. The van der Waals surface area contributed by atoms with E-state index < -0.39 is 71.8 Å². The Hall–Kier alpha value is -4.34. The monoisotopic (exact) mass is 712 g/mol. The van der Waals surface area contributed by atoms with E-state index in [1.165, 1.54) is 4.90 Å². The van der Waals surface area contributed by atoms with Gasteiger partial charge in [0, 0.05) is 13.0 Å². The molecule has 282 valence electrons. The Morgan fingerprint density at radius 3 is 2.02 bits per heavy atom. The smallest absolute Gasteiger partial charge is 0.326 e. The van der Waals surface area contributed by atoms with Crippen LogP contribution >= 0.6 is 0 Å². The van der Waals surface area contributed by atoms with E-state index in [0.717, 1.165) is 11.1 Å². The molecular weight excluding hydrogens is 656 g/mol. The molecule has 0 spiro atoms. The Balaban J connectivity index is 1.98. The third-order valence-corrected chi connectivity index (χ3v) is 9.20. The molecule has 0 saturated carbocycles. The molecule has 5 amide bonds. The number of rotatable bonds is 14. The molecule has 0 radical (unpaired) electrons. The van der Waals surface area contributed by atoms with Crippen LogP contribution in [-0.4, -0.2) is 94.9 Å². The minimum absolute atomic E-state index is 0.00167. The summed E-state index contributed by atoms with van der Waals surface area (Å²) in [7, 11) is 0. The number of carboxylic acids is 1. The maximum Gasteiger partial charge on any atom is 0.326 e. The molecule has 2 aliphatic heterocycles. The first-order valence-electron chi connectivity index (χ1n) is 18.0. The number of benzene rings is 1. The van der Waals surface area contributed by atoms with E-state index in [2.05, 4.69) is 21.3 Å². The summed E-state index contributed by atoms with van der Waals surface area (Å²) < 4.78 is 0. The highest BCUT2D eigenvalue weighted by Gasteiger charge is 2.40. The van der Waals surface area contributed by atoms with Crippen molar-refractivity contribution >= 4 is 35.5 Å². The van der Waals surface area contributed by atoms with Gasteiger partial charge in [0.1, 0.15) is 30.2 Å². The van der Waals surface area contributed by atoms with Gasteiger partial charge in [0.2, 0.25) is 29.5 Å². The fraction of sp³-hybridized carbons (Fsp3) is 0.611. The molecule has 1 aromatic carbocycles. The van der Waals surface area contributed by atoms with Crippen molar-refractivity contribution in [3.8, 4) is 0 Å². The van der Waals surface area contributed by atoms with Gasteiger partial charge in [0.15, 0.2) is 0 Å². The van der Waals surface area contributed by atoms with E-state index in [9.17, 15) is 33.9 Å². The Kier molecular flexibility index (Phi) is 16.5. The quantitative estimate of drug-likeness (QED) is 0.0943. The summed E-state index contributed by atoms with van der Waals surface area (Å²) in [6, 6.07) is 1.03. The van der Waals surface area contributed by atoms with Crippen molar-refractivity contribution in [2.75, 3.05) is 13.1 Å². The number of nitrogens with zero attached hydrogens (tertiary/aromatic N) is 1. The standard InChI is InChI=1S/C36H56N8O7/c1-22(2)19-29(36(50)51)43-34(48)30-20-23-11-3-4-12-24(23)21-44(30)35(49)28-16-6-5-13-25(39)31(45)40-26(14-7-9-17-37)32(46)41-27(33(47)42-28)15-8-10-18-38/h3-6,11-12,22,25-30H,7-10,13-21,37-39H2,1-2H3,(H,40,45)(H,41,46)(H,42,47)(H,43,48)(H,50,51)/t25-,26-,27-,28-,29-,30-/m0/s1. The molecule has 0 aliphatic carbocycles. The number of carbonyl (C=O) groups is 6. The molecule has 15 nitrogen and oxygen atoms in total. The lowest BCUT2D eigenvalue weighted by Crippen LogP contribution is -2.61. The zero-order chi connectivity index (χ0) is 37.5. The van der Waals surface area contributed by atoms with Crippen molar-refractivity contribution in [2.24, 2.45) is 23.1 Å². The van der Waals surface area contributed by atoms with Crippen LogP contribution in [0.2, 0.25) is 0 Å². The molecular formula is C36H56N8O7. The highest BCUT2D eigenvalue weighted by atomic mass is 16.4. The molecule has 0 saturated heterocycles. The van der Waals surface area contributed by atoms with E-state index in [1.807, 2.05) is 38.1 Å². The summed E-state index contributed by atoms with van der Waals surface area (Å²) in [5.41, 5.74) is 19.2. The number of carboxylic acid groups (broad SMARTS) is 1. The average Bonchev–Trinajstić information content (AvgIpc) is 3.09. The lowest BCUT2D eigenvalue weighted by atomic mass is 9.92. The van der Waals surface area contributed by atoms with Gasteiger partial charge >= 0.3 is 5.97 Å². The van der Waals surface area contributed by atoms with E-state index in [0.29, 0.717) is 38.8 Å². The normalized spacial score (nSPS) is 23.7. The molecule has 6 atom stereocenters. The molecule has 51 heavy (non-hydrogen) atoms. The number of hydrogen-bond acceptors (Lipinski definition) is 9. The maximum absolute atomic E-state index is 14.5. The van der Waals surface area contributed by atoms with Crippen LogP contribution < -0.4 is 38.5 Å². The Morgan fingerprint density at radius 1 is 0.863 bits per heavy atom. The SMILES string of the molecule is CC(C)C[C@H](NC(=O)[C@@H]1Cc2ccccc2CN1C(=O)[C@@H]1CC=CC[C@H](N)C(=O)N[C@@H](CCCCN)C(=O)N[C@@H](CCCCN)C(=O)N1)C(=O)O. The first-order valence-corrected chi connectivity index (χ1v) is 18.0.